The van der Waals surface area contributed by atoms with Crippen LogP contribution in [0, 0.1) is 0 Å². The third-order valence-electron chi connectivity index (χ3n) is 2.22. The second-order valence-corrected chi connectivity index (χ2v) is 5.28. The first-order chi connectivity index (χ1) is 9.69. The maximum Gasteiger partial charge on any atom is 0.326 e. The lowest BCUT2D eigenvalue weighted by Crippen LogP contribution is -2.43. The van der Waals surface area contributed by atoms with E-state index < -0.39 is 35.9 Å². The highest BCUT2D eigenvalue weighted by Gasteiger charge is 2.27. The molecule has 0 radical (unpaired) electrons. The van der Waals surface area contributed by atoms with Gasteiger partial charge in [0, 0.05) is 12.4 Å². The smallest absolute Gasteiger partial charge is 0.326 e. The van der Waals surface area contributed by atoms with Gasteiger partial charge in [0.15, 0.2) is 0 Å². The molecule has 1 aromatic heterocycles. The van der Waals surface area contributed by atoms with E-state index in [1.54, 1.807) is 20.8 Å². The summed E-state index contributed by atoms with van der Waals surface area (Å²) in [6, 6.07) is -1.38. The van der Waals surface area contributed by atoms with Crippen LogP contribution in [0.25, 0.3) is 0 Å². The number of carbonyl (C=O) groups is 3. The van der Waals surface area contributed by atoms with Gasteiger partial charge in [-0.2, -0.15) is 0 Å². The number of esters is 1. The van der Waals surface area contributed by atoms with E-state index in [0.29, 0.717) is 0 Å². The van der Waals surface area contributed by atoms with Gasteiger partial charge >= 0.3 is 11.9 Å². The van der Waals surface area contributed by atoms with Crippen LogP contribution in [0.4, 0.5) is 0 Å². The van der Waals surface area contributed by atoms with Crippen molar-refractivity contribution >= 4 is 17.8 Å². The number of hydrogen-bond acceptors (Lipinski definition) is 6. The molecule has 0 saturated carbocycles. The zero-order chi connectivity index (χ0) is 16.0. The van der Waals surface area contributed by atoms with Crippen molar-refractivity contribution in [2.75, 3.05) is 0 Å². The maximum atomic E-state index is 11.8. The average Bonchev–Trinajstić information content (AvgIpc) is 2.36. The summed E-state index contributed by atoms with van der Waals surface area (Å²) in [6.07, 6.45) is 3.27. The minimum Gasteiger partial charge on any atom is -0.480 e. The first-order valence-electron chi connectivity index (χ1n) is 6.19. The molecule has 2 N–H and O–H groups in total. The summed E-state index contributed by atoms with van der Waals surface area (Å²) < 4.78 is 5.03. The molecular weight excluding hydrogens is 278 g/mol. The highest BCUT2D eigenvalue weighted by atomic mass is 16.6. The molecule has 1 amide bonds. The summed E-state index contributed by atoms with van der Waals surface area (Å²) in [5.74, 6) is -2.71. The van der Waals surface area contributed by atoms with Crippen molar-refractivity contribution in [2.24, 2.45) is 0 Å². The second kappa shape index (κ2) is 6.78. The minimum absolute atomic E-state index is 0.105. The number of hydrogen-bond donors (Lipinski definition) is 2. The largest absolute Gasteiger partial charge is 0.480 e. The van der Waals surface area contributed by atoms with Crippen molar-refractivity contribution in [1.29, 1.82) is 0 Å². The molecule has 0 aliphatic rings. The Morgan fingerprint density at radius 3 is 2.33 bits per heavy atom. The van der Waals surface area contributed by atoms with Gasteiger partial charge in [-0.1, -0.05) is 0 Å². The van der Waals surface area contributed by atoms with Crippen LogP contribution in [0.2, 0.25) is 0 Å². The summed E-state index contributed by atoms with van der Waals surface area (Å²) in [4.78, 5) is 41.9. The number of rotatable bonds is 5. The average molecular weight is 295 g/mol. The molecule has 21 heavy (non-hydrogen) atoms. The van der Waals surface area contributed by atoms with E-state index in [1.165, 1.54) is 18.7 Å². The number of carboxylic acid groups (broad SMARTS) is 1. The Hall–Kier alpha value is -2.51. The fourth-order valence-corrected chi connectivity index (χ4v) is 1.41. The molecule has 114 valence electrons. The monoisotopic (exact) mass is 295 g/mol. The molecule has 1 atom stereocenters. The number of nitrogens with zero attached hydrogens (tertiary/aromatic N) is 2. The fourth-order valence-electron chi connectivity index (χ4n) is 1.41. The van der Waals surface area contributed by atoms with Crippen molar-refractivity contribution in [1.82, 2.24) is 15.3 Å². The van der Waals surface area contributed by atoms with Crippen LogP contribution >= 0.6 is 0 Å². The van der Waals surface area contributed by atoms with Crippen LogP contribution in [-0.4, -0.2) is 44.6 Å². The number of nitrogens with one attached hydrogen (secondary N) is 1. The normalized spacial score (nSPS) is 12.3. The first-order valence-corrected chi connectivity index (χ1v) is 6.19. The van der Waals surface area contributed by atoms with E-state index in [0.717, 1.165) is 0 Å². The molecule has 0 unspecified atom stereocenters. The molecular formula is C13H17N3O5. The van der Waals surface area contributed by atoms with E-state index >= 15 is 0 Å². The van der Waals surface area contributed by atoms with Gasteiger partial charge in [0.05, 0.1) is 12.0 Å². The fraction of sp³-hybridized carbons (Fsp3) is 0.462. The number of carboxylic acids is 1. The molecule has 0 aliphatic heterocycles. The predicted molar refractivity (Wildman–Crippen MR) is 71.4 cm³/mol. The highest BCUT2D eigenvalue weighted by Crippen LogP contribution is 2.09. The zero-order valence-corrected chi connectivity index (χ0v) is 12.0. The molecule has 1 heterocycles. The lowest BCUT2D eigenvalue weighted by Gasteiger charge is -2.21. The molecule has 1 rings (SSSR count). The van der Waals surface area contributed by atoms with E-state index in [2.05, 4.69) is 15.3 Å². The van der Waals surface area contributed by atoms with Gasteiger partial charge in [-0.05, 0) is 20.8 Å². The lowest BCUT2D eigenvalue weighted by atomic mass is 10.1. The van der Waals surface area contributed by atoms with Crippen molar-refractivity contribution in [3.05, 3.63) is 24.3 Å². The highest BCUT2D eigenvalue weighted by molar-refractivity contribution is 5.96. The van der Waals surface area contributed by atoms with Crippen molar-refractivity contribution < 1.29 is 24.2 Å². The van der Waals surface area contributed by atoms with Crippen LogP contribution < -0.4 is 5.32 Å². The van der Waals surface area contributed by atoms with Crippen LogP contribution in [0.5, 0.6) is 0 Å². The Labute approximate surface area is 121 Å². The van der Waals surface area contributed by atoms with Crippen LogP contribution in [0.3, 0.4) is 0 Å². The number of ether oxygens (including phenoxy) is 1. The number of aromatic nitrogens is 2. The van der Waals surface area contributed by atoms with Crippen LogP contribution in [0.1, 0.15) is 37.6 Å². The van der Waals surface area contributed by atoms with E-state index in [9.17, 15) is 14.4 Å². The first kappa shape index (κ1) is 16.5. The minimum atomic E-state index is -1.38. The Balaban J connectivity index is 2.69. The topological polar surface area (TPSA) is 118 Å². The van der Waals surface area contributed by atoms with Crippen molar-refractivity contribution in [3.8, 4) is 0 Å². The van der Waals surface area contributed by atoms with Gasteiger partial charge in [0.2, 0.25) is 0 Å². The van der Waals surface area contributed by atoms with Gasteiger partial charge < -0.3 is 15.2 Å². The third-order valence-corrected chi connectivity index (χ3v) is 2.22. The summed E-state index contributed by atoms with van der Waals surface area (Å²) >= 11 is 0. The molecule has 0 saturated heterocycles. The molecule has 0 fully saturated rings. The molecule has 1 aromatic rings. The Bertz CT molecular complexity index is 524. The van der Waals surface area contributed by atoms with E-state index in [4.69, 9.17) is 9.84 Å². The van der Waals surface area contributed by atoms with Gasteiger partial charge in [-0.3, -0.25) is 9.59 Å². The Morgan fingerprint density at radius 2 is 1.86 bits per heavy atom. The molecule has 0 spiro atoms. The third kappa shape index (κ3) is 5.98. The van der Waals surface area contributed by atoms with Gasteiger partial charge in [0.25, 0.3) is 5.91 Å². The summed E-state index contributed by atoms with van der Waals surface area (Å²) in [6.45, 7) is 5.00. The predicted octanol–water partition coefficient (Wildman–Crippen LogP) is 0.391. The zero-order valence-electron chi connectivity index (χ0n) is 12.0. The van der Waals surface area contributed by atoms with E-state index in [1.807, 2.05) is 0 Å². The molecule has 8 heteroatoms. The molecule has 0 aliphatic carbocycles. The summed E-state index contributed by atoms with van der Waals surface area (Å²) in [7, 11) is 0. The lowest BCUT2D eigenvalue weighted by molar-refractivity contribution is -0.158. The van der Waals surface area contributed by atoms with Gasteiger partial charge in [-0.25, -0.2) is 14.8 Å². The second-order valence-electron chi connectivity index (χ2n) is 5.28. The summed E-state index contributed by atoms with van der Waals surface area (Å²) in [5.41, 5.74) is -0.620. The number of amides is 1. The van der Waals surface area contributed by atoms with E-state index in [-0.39, 0.29) is 5.56 Å². The number of aliphatic carboxylic acids is 1. The van der Waals surface area contributed by atoms with Gasteiger partial charge in [0.1, 0.15) is 18.0 Å². The summed E-state index contributed by atoms with van der Waals surface area (Å²) in [5, 5.41) is 11.3. The van der Waals surface area contributed by atoms with Crippen molar-refractivity contribution in [3.63, 3.8) is 0 Å². The van der Waals surface area contributed by atoms with Gasteiger partial charge in [-0.15, -0.1) is 0 Å². The standard InChI is InChI=1S/C13H17N3O5/c1-13(2,3)21-10(17)4-9(12(19)20)16-11(18)8-5-14-7-15-6-8/h5-7,9H,4H2,1-3H3,(H,16,18)(H,19,20)/t9-/m0/s1. The van der Waals surface area contributed by atoms with Crippen LogP contribution in [0.15, 0.2) is 18.7 Å². The molecule has 0 bridgehead atoms. The van der Waals surface area contributed by atoms with Crippen LogP contribution in [-0.2, 0) is 14.3 Å². The van der Waals surface area contributed by atoms with Crippen molar-refractivity contribution in [2.45, 2.75) is 38.8 Å². The molecule has 0 aromatic carbocycles. The Kier molecular flexibility index (Phi) is 5.34. The molecule has 8 nitrogen and oxygen atoms in total. The quantitative estimate of drug-likeness (QED) is 0.754. The maximum absolute atomic E-state index is 11.8. The Morgan fingerprint density at radius 1 is 1.29 bits per heavy atom. The number of carbonyl (C=O) groups excluding carboxylic acids is 2. The SMILES string of the molecule is CC(C)(C)OC(=O)C[C@H](NC(=O)c1cncnc1)C(=O)O.